The molecule has 2 aliphatic rings. The Labute approximate surface area is 214 Å². The van der Waals surface area contributed by atoms with Crippen molar-refractivity contribution in [1.29, 1.82) is 5.41 Å². The van der Waals surface area contributed by atoms with Crippen LogP contribution in [0.3, 0.4) is 0 Å². The van der Waals surface area contributed by atoms with Gasteiger partial charge < -0.3 is 21.3 Å². The van der Waals surface area contributed by atoms with E-state index >= 15 is 0 Å². The van der Waals surface area contributed by atoms with Gasteiger partial charge in [-0.05, 0) is 70.4 Å². The molecule has 2 aromatic heterocycles. The number of nitrogen functional groups attached to an aromatic ring is 1. The lowest BCUT2D eigenvalue weighted by atomic mass is 9.73. The zero-order valence-corrected chi connectivity index (χ0v) is 21.6. The molecule has 1 fully saturated rings. The first-order chi connectivity index (χ1) is 17.5. The zero-order valence-electron chi connectivity index (χ0n) is 21.6. The average molecular weight is 513 g/mol. The molecule has 2 atom stereocenters. The van der Waals surface area contributed by atoms with Gasteiger partial charge in [-0.15, -0.1) is 0 Å². The van der Waals surface area contributed by atoms with Gasteiger partial charge in [0.05, 0.1) is 28.6 Å². The lowest BCUT2D eigenvalue weighted by Gasteiger charge is -2.34. The summed E-state index contributed by atoms with van der Waals surface area (Å²) in [5, 5.41) is 31.2. The fourth-order valence-electron chi connectivity index (χ4n) is 5.70. The number of amides is 1. The number of amidine groups is 1. The van der Waals surface area contributed by atoms with Gasteiger partial charge in [-0.2, -0.15) is 0 Å². The number of fused-ring (bicyclic) bond motifs is 1. The number of hydrogen-bond donors (Lipinski definition) is 5. The van der Waals surface area contributed by atoms with Crippen LogP contribution in [0.1, 0.15) is 94.8 Å². The van der Waals surface area contributed by atoms with Crippen molar-refractivity contribution in [3.63, 3.8) is 0 Å². The molecule has 0 saturated heterocycles. The quantitative estimate of drug-likeness (QED) is 0.266. The monoisotopic (exact) mass is 512 g/mol. The normalized spacial score (nSPS) is 23.9. The highest BCUT2D eigenvalue weighted by Gasteiger charge is 2.46. The SMILES string of the molecule is CCCCn1c(O)c(C(=N)N)c(=O)n(C2CCC(C[C@@]3(C)C(=O)Nc4ccc([C@H](C)O)nc43)CC2)c1=O. The van der Waals surface area contributed by atoms with E-state index in [9.17, 15) is 24.6 Å². The van der Waals surface area contributed by atoms with Gasteiger partial charge in [0, 0.05) is 12.6 Å². The predicted molar refractivity (Wildman–Crippen MR) is 139 cm³/mol. The van der Waals surface area contributed by atoms with Crippen molar-refractivity contribution in [2.75, 3.05) is 5.32 Å². The number of unbranched alkanes of at least 4 members (excludes halogenated alkanes) is 1. The first kappa shape index (κ1) is 26.6. The van der Waals surface area contributed by atoms with Crippen molar-refractivity contribution in [2.24, 2.45) is 11.7 Å². The standard InChI is InChI=1S/C26H36N6O5/c1-4-5-12-31-22(34)19(21(27)28)23(35)32(25(31)37)16-8-6-15(7-9-16)13-26(3)20-18(30-24(26)36)11-10-17(29-20)14(2)33/h10-11,14-16,33-34H,4-9,12-13H2,1-3H3,(H3,27,28)(H,30,36)/t14-,15?,16?,26+/m0/s1. The Balaban J connectivity index is 1.58. The maximum atomic E-state index is 13.2. The molecule has 1 aliphatic heterocycles. The lowest BCUT2D eigenvalue weighted by Crippen LogP contribution is -2.46. The second kappa shape index (κ2) is 10.1. The van der Waals surface area contributed by atoms with Crippen LogP contribution in [-0.4, -0.2) is 36.1 Å². The third kappa shape index (κ3) is 4.68. The van der Waals surface area contributed by atoms with Crippen LogP contribution in [0.2, 0.25) is 0 Å². The smallest absolute Gasteiger partial charge is 0.334 e. The van der Waals surface area contributed by atoms with Crippen LogP contribution in [-0.2, 0) is 16.8 Å². The van der Waals surface area contributed by atoms with Crippen molar-refractivity contribution in [2.45, 2.75) is 89.8 Å². The minimum Gasteiger partial charge on any atom is -0.494 e. The molecule has 6 N–H and O–H groups in total. The largest absolute Gasteiger partial charge is 0.494 e. The first-order valence-electron chi connectivity index (χ1n) is 12.9. The van der Waals surface area contributed by atoms with Crippen molar-refractivity contribution >= 4 is 17.4 Å². The van der Waals surface area contributed by atoms with Crippen LogP contribution in [0, 0.1) is 11.3 Å². The maximum absolute atomic E-state index is 13.2. The van der Waals surface area contributed by atoms with Crippen molar-refractivity contribution in [3.8, 4) is 5.88 Å². The van der Waals surface area contributed by atoms with E-state index in [1.807, 2.05) is 13.8 Å². The average Bonchev–Trinajstić information content (AvgIpc) is 3.08. The van der Waals surface area contributed by atoms with E-state index in [1.54, 1.807) is 19.1 Å². The Hall–Kier alpha value is -3.47. The molecule has 0 unspecified atom stereocenters. The van der Waals surface area contributed by atoms with Gasteiger partial charge in [0.2, 0.25) is 11.8 Å². The van der Waals surface area contributed by atoms with Crippen molar-refractivity contribution < 1.29 is 15.0 Å². The summed E-state index contributed by atoms with van der Waals surface area (Å²) >= 11 is 0. The van der Waals surface area contributed by atoms with Crippen molar-refractivity contribution in [3.05, 3.63) is 49.9 Å². The summed E-state index contributed by atoms with van der Waals surface area (Å²) < 4.78 is 2.29. The van der Waals surface area contributed by atoms with Gasteiger partial charge in [0.1, 0.15) is 11.4 Å². The van der Waals surface area contributed by atoms with Crippen LogP contribution in [0.5, 0.6) is 5.88 Å². The molecule has 3 heterocycles. The Bertz CT molecular complexity index is 1340. The number of aromatic hydroxyl groups is 1. The second-order valence-electron chi connectivity index (χ2n) is 10.5. The Morgan fingerprint density at radius 1 is 1.27 bits per heavy atom. The number of anilines is 1. The number of carbonyl (C=O) groups excluding carboxylic acids is 1. The molecule has 0 spiro atoms. The molecule has 1 aliphatic carbocycles. The first-order valence-corrected chi connectivity index (χ1v) is 12.9. The summed E-state index contributed by atoms with van der Waals surface area (Å²) in [6, 6.07) is 3.09. The van der Waals surface area contributed by atoms with Gasteiger partial charge in [-0.3, -0.25) is 29.1 Å². The number of aromatic nitrogens is 3. The maximum Gasteiger partial charge on any atom is 0.334 e. The zero-order chi connectivity index (χ0) is 27.1. The fraction of sp³-hybridized carbons (Fsp3) is 0.577. The van der Waals surface area contributed by atoms with Crippen molar-refractivity contribution in [1.82, 2.24) is 14.1 Å². The number of pyridine rings is 1. The van der Waals surface area contributed by atoms with E-state index in [1.165, 1.54) is 0 Å². The summed E-state index contributed by atoms with van der Waals surface area (Å²) in [5.41, 5.74) is 4.90. The van der Waals surface area contributed by atoms with Gasteiger partial charge in [-0.1, -0.05) is 13.3 Å². The summed E-state index contributed by atoms with van der Waals surface area (Å²) in [6.07, 6.45) is 3.69. The van der Waals surface area contributed by atoms with Gasteiger partial charge in [0.15, 0.2) is 0 Å². The molecule has 0 bridgehead atoms. The van der Waals surface area contributed by atoms with Gasteiger partial charge >= 0.3 is 5.69 Å². The summed E-state index contributed by atoms with van der Waals surface area (Å²) in [6.45, 7) is 5.69. The number of nitrogens with one attached hydrogen (secondary N) is 2. The van der Waals surface area contributed by atoms with Gasteiger partial charge in [0.25, 0.3) is 5.56 Å². The number of carbonyl (C=O) groups is 1. The molecule has 11 heteroatoms. The molecule has 1 amide bonds. The highest BCUT2D eigenvalue weighted by atomic mass is 16.3. The van der Waals surface area contributed by atoms with E-state index in [-0.39, 0.29) is 30.0 Å². The van der Waals surface area contributed by atoms with Crippen LogP contribution < -0.4 is 22.3 Å². The van der Waals surface area contributed by atoms with E-state index < -0.39 is 34.5 Å². The molecule has 1 saturated carbocycles. The molecular weight excluding hydrogens is 476 g/mol. The third-order valence-corrected chi connectivity index (χ3v) is 7.85. The lowest BCUT2D eigenvalue weighted by molar-refractivity contribution is -0.121. The van der Waals surface area contributed by atoms with Crippen LogP contribution in [0.25, 0.3) is 0 Å². The molecule has 0 aromatic carbocycles. The Kier molecular flexibility index (Phi) is 7.27. The fourth-order valence-corrected chi connectivity index (χ4v) is 5.70. The number of nitrogens with zero attached hydrogens (tertiary/aromatic N) is 3. The van der Waals surface area contributed by atoms with E-state index in [2.05, 4.69) is 10.3 Å². The summed E-state index contributed by atoms with van der Waals surface area (Å²) in [7, 11) is 0. The molecule has 0 radical (unpaired) electrons. The topological polar surface area (TPSA) is 176 Å². The van der Waals surface area contributed by atoms with E-state index in [4.69, 9.17) is 11.1 Å². The second-order valence-corrected chi connectivity index (χ2v) is 10.5. The molecule has 37 heavy (non-hydrogen) atoms. The van der Waals surface area contributed by atoms with Gasteiger partial charge in [-0.25, -0.2) is 4.79 Å². The number of hydrogen-bond acceptors (Lipinski definition) is 7. The van der Waals surface area contributed by atoms with Crippen LogP contribution in [0.4, 0.5) is 5.69 Å². The van der Waals surface area contributed by atoms with Crippen LogP contribution >= 0.6 is 0 Å². The number of rotatable bonds is 8. The van der Waals surface area contributed by atoms with E-state index in [0.29, 0.717) is 55.6 Å². The summed E-state index contributed by atoms with van der Waals surface area (Å²) in [5.74, 6) is -1.08. The number of nitrogens with two attached hydrogens (primary N) is 1. The molecule has 4 rings (SSSR count). The Morgan fingerprint density at radius 3 is 2.54 bits per heavy atom. The third-order valence-electron chi connectivity index (χ3n) is 7.85. The van der Waals surface area contributed by atoms with E-state index in [0.717, 1.165) is 15.6 Å². The number of aliphatic hydroxyl groups excluding tert-OH is 1. The molecule has 2 aromatic rings. The minimum absolute atomic E-state index is 0.125. The minimum atomic E-state index is -0.845. The molecular formula is C26H36N6O5. The van der Waals surface area contributed by atoms with Crippen LogP contribution in [0.15, 0.2) is 21.7 Å². The molecule has 11 nitrogen and oxygen atoms in total. The Morgan fingerprint density at radius 2 is 1.95 bits per heavy atom. The number of aliphatic hydroxyl groups is 1. The molecule has 200 valence electrons. The summed E-state index contributed by atoms with van der Waals surface area (Å²) in [4.78, 5) is 44.0. The predicted octanol–water partition coefficient (Wildman–Crippen LogP) is 2.28. The highest BCUT2D eigenvalue weighted by molar-refractivity contribution is 6.05. The highest BCUT2D eigenvalue weighted by Crippen LogP contribution is 2.45.